The first-order chi connectivity index (χ1) is 28.7. The van der Waals surface area contributed by atoms with Crippen LogP contribution in [0.5, 0.6) is 5.75 Å². The van der Waals surface area contributed by atoms with E-state index in [4.69, 9.17) is 16.3 Å². The predicted molar refractivity (Wildman–Crippen MR) is 225 cm³/mol. The molecule has 310 valence electrons. The van der Waals surface area contributed by atoms with Crippen molar-refractivity contribution < 1.29 is 28.7 Å². The Kier molecular flexibility index (Phi) is 11.0. The molecule has 3 saturated heterocycles. The maximum absolute atomic E-state index is 13.7. The largest absolute Gasteiger partial charge is 0.489 e. The fraction of sp³-hybridized carbons (Fsp3) is 0.447. The Morgan fingerprint density at radius 2 is 1.58 bits per heavy atom. The van der Waals surface area contributed by atoms with E-state index in [-0.39, 0.29) is 47.6 Å². The number of imide groups is 2. The van der Waals surface area contributed by atoms with Crippen molar-refractivity contribution >= 4 is 46.8 Å². The van der Waals surface area contributed by atoms with Crippen LogP contribution in [-0.2, 0) is 9.59 Å². The Morgan fingerprint density at radius 1 is 0.883 bits per heavy atom. The van der Waals surface area contributed by atoms with Crippen molar-refractivity contribution in [2.45, 2.75) is 90.4 Å². The van der Waals surface area contributed by atoms with E-state index in [1.807, 2.05) is 30.3 Å². The fourth-order valence-electron chi connectivity index (χ4n) is 10.3. The molecule has 13 heteroatoms. The Bertz CT molecular complexity index is 2340. The monoisotopic (exact) mass is 828 g/mol. The number of rotatable bonds is 7. The molecule has 4 fully saturated rings. The zero-order valence-corrected chi connectivity index (χ0v) is 35.1. The number of fused-ring (bicyclic) bond motifs is 1. The summed E-state index contributed by atoms with van der Waals surface area (Å²) in [5.41, 5.74) is 2.48. The second-order valence-electron chi connectivity index (χ2n) is 17.8. The molecule has 1 aliphatic carbocycles. The normalized spacial score (nSPS) is 24.1. The maximum atomic E-state index is 13.7. The molecule has 12 nitrogen and oxygen atoms in total. The van der Waals surface area contributed by atoms with E-state index in [9.17, 15) is 29.2 Å². The van der Waals surface area contributed by atoms with Gasteiger partial charge in [-0.05, 0) is 93.7 Å². The van der Waals surface area contributed by atoms with E-state index in [0.29, 0.717) is 39.1 Å². The number of nitrogens with one attached hydrogen (secondary N) is 2. The van der Waals surface area contributed by atoms with E-state index < -0.39 is 29.7 Å². The number of hydrogen-bond donors (Lipinski definition) is 2. The lowest BCUT2D eigenvalue weighted by Crippen LogP contribution is -2.74. The van der Waals surface area contributed by atoms with Gasteiger partial charge in [-0.15, -0.1) is 0 Å². The van der Waals surface area contributed by atoms with E-state index in [1.54, 1.807) is 30.3 Å². The van der Waals surface area contributed by atoms with Crippen molar-refractivity contribution in [1.29, 1.82) is 5.26 Å². The molecule has 1 atom stereocenters. The van der Waals surface area contributed by atoms with Crippen LogP contribution in [0.15, 0.2) is 60.7 Å². The number of amides is 5. The molecule has 1 saturated carbocycles. The summed E-state index contributed by atoms with van der Waals surface area (Å²) in [7, 11) is 0. The molecule has 0 aromatic heterocycles. The topological polar surface area (TPSA) is 152 Å². The molecule has 60 heavy (non-hydrogen) atoms. The molecule has 8 rings (SSSR count). The summed E-state index contributed by atoms with van der Waals surface area (Å²) in [5.74, 6) is 5.58. The number of benzene rings is 3. The molecule has 5 aliphatic rings. The molecule has 2 N–H and O–H groups in total. The molecule has 1 unspecified atom stereocenters. The number of nitriles is 1. The number of halogens is 1. The van der Waals surface area contributed by atoms with Gasteiger partial charge in [-0.3, -0.25) is 34.2 Å². The highest BCUT2D eigenvalue weighted by atomic mass is 35.5. The number of likely N-dealkylation sites (tertiary alicyclic amines) is 1. The molecule has 5 amide bonds. The number of hydrogen-bond acceptors (Lipinski definition) is 9. The molecular weight excluding hydrogens is 780 g/mol. The minimum Gasteiger partial charge on any atom is -0.489 e. The molecule has 4 heterocycles. The van der Waals surface area contributed by atoms with Crippen molar-refractivity contribution in [3.8, 4) is 23.7 Å². The van der Waals surface area contributed by atoms with Crippen LogP contribution in [0, 0.1) is 39.9 Å². The molecule has 4 aliphatic heterocycles. The van der Waals surface area contributed by atoms with Crippen LogP contribution in [-0.4, -0.2) is 89.7 Å². The second kappa shape index (κ2) is 16.1. The predicted octanol–water partition coefficient (Wildman–Crippen LogP) is 5.96. The Hall–Kier alpha value is -5.69. The standard InChI is InChI=1S/C47H49ClN6O6/c1-46(2)44(47(3,4)45(46)60-33-15-14-31(27-49)35(48)26-33)51-40(56)30-12-10-28(11-13-30)8-9-29-18-22-52(23-19-29)32-20-24-53(25-21-32)36-7-5-6-34-39(36)43(59)54(42(34)58)37-16-17-38(55)50-41(37)57/h5-7,10-15,26,29,32,37,44-45H,16-25H2,1-4H3,(H,51,56)(H,50,55,57). The summed E-state index contributed by atoms with van der Waals surface area (Å²) in [6.45, 7) is 11.7. The number of carbonyl (C=O) groups excluding carboxylic acids is 5. The quantitative estimate of drug-likeness (QED) is 0.217. The highest BCUT2D eigenvalue weighted by molar-refractivity contribution is 6.31. The first kappa shape index (κ1) is 41.1. The first-order valence-corrected chi connectivity index (χ1v) is 21.2. The van der Waals surface area contributed by atoms with Crippen LogP contribution in [0.2, 0.25) is 5.02 Å². The SMILES string of the molecule is CC1(C)C(NC(=O)c2ccc(C#CC3CCN(C4CCN(c5cccc6c5C(=O)N(C5CCC(=O)NC5=O)C6=O)CC4)CC3)cc2)C(C)(C)C1Oc1ccc(C#N)c(Cl)c1. The zero-order chi connectivity index (χ0) is 42.5. The van der Waals surface area contributed by atoms with Crippen molar-refractivity contribution in [3.05, 3.63) is 93.5 Å². The Labute approximate surface area is 355 Å². The van der Waals surface area contributed by atoms with Crippen LogP contribution in [0.4, 0.5) is 5.69 Å². The lowest BCUT2D eigenvalue weighted by Gasteiger charge is -2.63. The van der Waals surface area contributed by atoms with Gasteiger partial charge in [0, 0.05) is 65.5 Å². The zero-order valence-electron chi connectivity index (χ0n) is 34.3. The Morgan fingerprint density at radius 3 is 2.23 bits per heavy atom. The highest BCUT2D eigenvalue weighted by Gasteiger charge is 2.64. The van der Waals surface area contributed by atoms with E-state index in [0.717, 1.165) is 68.0 Å². The van der Waals surface area contributed by atoms with E-state index in [1.165, 1.54) is 0 Å². The average Bonchev–Trinajstić information content (AvgIpc) is 3.49. The van der Waals surface area contributed by atoms with Crippen molar-refractivity contribution in [1.82, 2.24) is 20.4 Å². The van der Waals surface area contributed by atoms with Gasteiger partial charge in [0.15, 0.2) is 0 Å². The van der Waals surface area contributed by atoms with Crippen LogP contribution < -0.4 is 20.3 Å². The third kappa shape index (κ3) is 7.52. The summed E-state index contributed by atoms with van der Waals surface area (Å²) in [4.78, 5) is 70.5. The summed E-state index contributed by atoms with van der Waals surface area (Å²) in [6.07, 6.45) is 3.83. The van der Waals surface area contributed by atoms with Gasteiger partial charge in [-0.1, -0.05) is 57.2 Å². The molecular formula is C47H49ClN6O6. The highest BCUT2D eigenvalue weighted by Crippen LogP contribution is 2.55. The van der Waals surface area contributed by atoms with Crippen LogP contribution >= 0.6 is 11.6 Å². The Balaban J connectivity index is 0.808. The summed E-state index contributed by atoms with van der Waals surface area (Å²) in [6, 6.07) is 19.2. The lowest BCUT2D eigenvalue weighted by molar-refractivity contribution is -0.164. The van der Waals surface area contributed by atoms with Crippen LogP contribution in [0.3, 0.4) is 0 Å². The lowest BCUT2D eigenvalue weighted by atomic mass is 9.49. The maximum Gasteiger partial charge on any atom is 0.264 e. The van der Waals surface area contributed by atoms with Crippen molar-refractivity contribution in [2.75, 3.05) is 31.1 Å². The van der Waals surface area contributed by atoms with Crippen molar-refractivity contribution in [3.63, 3.8) is 0 Å². The van der Waals surface area contributed by atoms with Gasteiger partial charge in [0.1, 0.15) is 24.0 Å². The number of nitrogens with zero attached hydrogens (tertiary/aromatic N) is 4. The molecule has 3 aromatic rings. The van der Waals surface area contributed by atoms with Gasteiger partial charge in [0.2, 0.25) is 11.8 Å². The van der Waals surface area contributed by atoms with Gasteiger partial charge in [0.05, 0.1) is 27.4 Å². The number of ether oxygens (including phenoxy) is 1. The van der Waals surface area contributed by atoms with Crippen molar-refractivity contribution in [2.24, 2.45) is 16.7 Å². The first-order valence-electron chi connectivity index (χ1n) is 20.8. The van der Waals surface area contributed by atoms with E-state index >= 15 is 0 Å². The third-order valence-electron chi connectivity index (χ3n) is 13.3. The van der Waals surface area contributed by atoms with Gasteiger partial charge in [0.25, 0.3) is 17.7 Å². The van der Waals surface area contributed by atoms with E-state index in [2.05, 4.69) is 66.0 Å². The van der Waals surface area contributed by atoms with Gasteiger partial charge < -0.3 is 19.9 Å². The number of carbonyl (C=O) groups is 5. The van der Waals surface area contributed by atoms with Gasteiger partial charge >= 0.3 is 0 Å². The van der Waals surface area contributed by atoms with Gasteiger partial charge in [-0.25, -0.2) is 0 Å². The minimum atomic E-state index is -0.987. The second-order valence-corrected chi connectivity index (χ2v) is 18.2. The summed E-state index contributed by atoms with van der Waals surface area (Å²) >= 11 is 6.25. The number of piperidine rings is 3. The van der Waals surface area contributed by atoms with Gasteiger partial charge in [-0.2, -0.15) is 5.26 Å². The molecule has 3 aromatic carbocycles. The summed E-state index contributed by atoms with van der Waals surface area (Å²) in [5, 5.41) is 15.1. The molecule has 0 radical (unpaired) electrons. The minimum absolute atomic E-state index is 0.0857. The molecule has 0 bridgehead atoms. The van der Waals surface area contributed by atoms with Crippen LogP contribution in [0.1, 0.15) is 108 Å². The smallest absolute Gasteiger partial charge is 0.264 e. The fourth-order valence-corrected chi connectivity index (χ4v) is 10.6. The average molecular weight is 829 g/mol. The van der Waals surface area contributed by atoms with Crippen LogP contribution in [0.25, 0.3) is 0 Å². The number of anilines is 1. The summed E-state index contributed by atoms with van der Waals surface area (Å²) < 4.78 is 6.37. The molecule has 0 spiro atoms. The third-order valence-corrected chi connectivity index (χ3v) is 13.6.